The largest absolute Gasteiger partial charge is 0.497 e. The first kappa shape index (κ1) is 30.2. The minimum atomic E-state index is -0.315. The standard InChI is InChI=1S/C38H57NO3/c1-24-15-20-38(33(41)39-23-26-9-11-27(42-8)12-10-26)22-21-36(6)28(32(38)25(24)2)13-14-30-35(5)18-17-31(40)34(3,4)29(35)16-19-37(30,36)7/h9-13,24-25,29-32,40H,14-23H2,1-8H3,(H,39,41)/t24-,25+,29+,30-,31+,32+,35+,36-,37-,38+/m1/s1. The van der Waals surface area contributed by atoms with Crippen molar-refractivity contribution in [2.45, 2.75) is 119 Å². The second-order valence-corrected chi connectivity index (χ2v) is 16.7. The van der Waals surface area contributed by atoms with Crippen molar-refractivity contribution in [1.82, 2.24) is 5.32 Å². The lowest BCUT2D eigenvalue weighted by atomic mass is 9.33. The van der Waals surface area contributed by atoms with E-state index in [4.69, 9.17) is 4.74 Å². The van der Waals surface area contributed by atoms with E-state index < -0.39 is 0 Å². The van der Waals surface area contributed by atoms with Gasteiger partial charge in [0.25, 0.3) is 0 Å². The Morgan fingerprint density at radius 2 is 1.64 bits per heavy atom. The maximum absolute atomic E-state index is 14.4. The number of benzene rings is 1. The molecule has 0 unspecified atom stereocenters. The third-order valence-electron chi connectivity index (χ3n) is 15.0. The Labute approximate surface area is 255 Å². The van der Waals surface area contributed by atoms with Crippen LogP contribution in [0.15, 0.2) is 35.9 Å². The number of hydrogen-bond acceptors (Lipinski definition) is 3. The quantitative estimate of drug-likeness (QED) is 0.355. The van der Waals surface area contributed by atoms with Gasteiger partial charge >= 0.3 is 0 Å². The van der Waals surface area contributed by atoms with Crippen LogP contribution in [-0.4, -0.2) is 24.2 Å². The van der Waals surface area contributed by atoms with E-state index in [-0.39, 0.29) is 39.1 Å². The van der Waals surface area contributed by atoms with Crippen LogP contribution >= 0.6 is 0 Å². The first-order chi connectivity index (χ1) is 19.7. The van der Waals surface area contributed by atoms with Gasteiger partial charge in [-0.05, 0) is 127 Å². The zero-order valence-electron chi connectivity index (χ0n) is 27.7. The number of ether oxygens (including phenoxy) is 1. The van der Waals surface area contributed by atoms with Gasteiger partial charge in [-0.1, -0.05) is 72.2 Å². The molecule has 0 heterocycles. The zero-order valence-corrected chi connectivity index (χ0v) is 27.7. The van der Waals surface area contributed by atoms with E-state index in [1.54, 1.807) is 12.7 Å². The molecule has 0 radical (unpaired) electrons. The number of aliphatic hydroxyl groups is 1. The first-order valence-electron chi connectivity index (χ1n) is 17.0. The molecule has 42 heavy (non-hydrogen) atoms. The van der Waals surface area contributed by atoms with E-state index >= 15 is 0 Å². The summed E-state index contributed by atoms with van der Waals surface area (Å²) in [5.74, 6) is 3.73. The van der Waals surface area contributed by atoms with E-state index in [1.807, 2.05) is 12.1 Å². The van der Waals surface area contributed by atoms with Crippen molar-refractivity contribution in [2.24, 2.45) is 56.7 Å². The Morgan fingerprint density at radius 1 is 0.929 bits per heavy atom. The topological polar surface area (TPSA) is 58.6 Å². The summed E-state index contributed by atoms with van der Waals surface area (Å²) >= 11 is 0. The van der Waals surface area contributed by atoms with Gasteiger partial charge in [0.2, 0.25) is 5.91 Å². The number of hydrogen-bond donors (Lipinski definition) is 2. The molecular formula is C38H57NO3. The fourth-order valence-electron chi connectivity index (χ4n) is 12.0. The van der Waals surface area contributed by atoms with Crippen LogP contribution in [0.25, 0.3) is 0 Å². The van der Waals surface area contributed by atoms with Gasteiger partial charge in [-0.3, -0.25) is 4.79 Å². The van der Waals surface area contributed by atoms with E-state index in [1.165, 1.54) is 12.8 Å². The highest BCUT2D eigenvalue weighted by Crippen LogP contribution is 2.75. The molecule has 4 fully saturated rings. The molecule has 4 nitrogen and oxygen atoms in total. The minimum absolute atomic E-state index is 0.0315. The molecule has 0 saturated heterocycles. The van der Waals surface area contributed by atoms with Crippen molar-refractivity contribution in [3.05, 3.63) is 41.5 Å². The Hall–Kier alpha value is -1.81. The number of nitrogens with one attached hydrogen (secondary N) is 1. The summed E-state index contributed by atoms with van der Waals surface area (Å²) in [5.41, 5.74) is 2.97. The molecule has 5 aliphatic carbocycles. The summed E-state index contributed by atoms with van der Waals surface area (Å²) in [7, 11) is 1.69. The van der Waals surface area contributed by atoms with Crippen molar-refractivity contribution >= 4 is 5.91 Å². The van der Waals surface area contributed by atoms with E-state index in [9.17, 15) is 9.90 Å². The van der Waals surface area contributed by atoms with Crippen LogP contribution in [0.3, 0.4) is 0 Å². The second-order valence-electron chi connectivity index (χ2n) is 16.7. The number of rotatable bonds is 4. The van der Waals surface area contributed by atoms with Gasteiger partial charge in [-0.25, -0.2) is 0 Å². The van der Waals surface area contributed by atoms with Crippen molar-refractivity contribution < 1.29 is 14.6 Å². The highest BCUT2D eigenvalue weighted by atomic mass is 16.5. The first-order valence-corrected chi connectivity index (χ1v) is 17.0. The normalized spacial score (nSPS) is 45.8. The maximum atomic E-state index is 14.4. The van der Waals surface area contributed by atoms with Gasteiger partial charge < -0.3 is 15.2 Å². The number of aliphatic hydroxyl groups excluding tert-OH is 1. The number of methoxy groups -OCH3 is 1. The predicted molar refractivity (Wildman–Crippen MR) is 170 cm³/mol. The number of amides is 1. The summed E-state index contributed by atoms with van der Waals surface area (Å²) in [5, 5.41) is 14.5. The highest BCUT2D eigenvalue weighted by Gasteiger charge is 2.69. The summed E-state index contributed by atoms with van der Waals surface area (Å²) < 4.78 is 5.33. The molecule has 4 saturated carbocycles. The molecule has 4 heteroatoms. The monoisotopic (exact) mass is 575 g/mol. The predicted octanol–water partition coefficient (Wildman–Crippen LogP) is 8.33. The molecule has 0 bridgehead atoms. The van der Waals surface area contributed by atoms with Crippen LogP contribution in [0.2, 0.25) is 0 Å². The average Bonchev–Trinajstić information content (AvgIpc) is 2.96. The third kappa shape index (κ3) is 4.05. The molecule has 1 aromatic rings. The van der Waals surface area contributed by atoms with Gasteiger partial charge in [-0.15, -0.1) is 0 Å². The lowest BCUT2D eigenvalue weighted by Gasteiger charge is -2.71. The molecule has 1 aromatic carbocycles. The molecule has 2 N–H and O–H groups in total. The number of allylic oxidation sites excluding steroid dienone is 2. The lowest BCUT2D eigenvalue weighted by Crippen LogP contribution is -2.66. The Balaban J connectivity index is 1.34. The second kappa shape index (κ2) is 10.1. The number of carbonyl (C=O) groups is 1. The molecule has 0 spiro atoms. The lowest BCUT2D eigenvalue weighted by molar-refractivity contribution is -0.204. The SMILES string of the molecule is COc1ccc(CNC(=O)[C@]23CC[C@@H](C)[C@H](C)[C@H]2C2=CC[C@@H]4[C@@]5(C)CC[C@H](O)C(C)(C)[C@@H]5CC[C@@]4(C)[C@]2(C)CC3)cc1. The Kier molecular flexibility index (Phi) is 7.28. The minimum Gasteiger partial charge on any atom is -0.497 e. The van der Waals surface area contributed by atoms with Crippen LogP contribution in [0.1, 0.15) is 112 Å². The number of carbonyl (C=O) groups excluding carboxylic acids is 1. The number of fused-ring (bicyclic) bond motifs is 7. The third-order valence-corrected chi connectivity index (χ3v) is 15.0. The smallest absolute Gasteiger partial charge is 0.227 e. The summed E-state index contributed by atoms with van der Waals surface area (Å²) in [6.45, 7) is 17.9. The molecule has 5 aliphatic rings. The maximum Gasteiger partial charge on any atom is 0.227 e. The average molecular weight is 576 g/mol. The van der Waals surface area contributed by atoms with E-state index in [0.29, 0.717) is 36.1 Å². The summed E-state index contributed by atoms with van der Waals surface area (Å²) in [6, 6.07) is 8.08. The summed E-state index contributed by atoms with van der Waals surface area (Å²) in [4.78, 5) is 14.4. The van der Waals surface area contributed by atoms with Crippen LogP contribution in [0.5, 0.6) is 5.75 Å². The van der Waals surface area contributed by atoms with Gasteiger partial charge in [0, 0.05) is 6.54 Å². The zero-order chi connectivity index (χ0) is 30.3. The fraction of sp³-hybridized carbons (Fsp3) is 0.763. The van der Waals surface area contributed by atoms with Gasteiger partial charge in [-0.2, -0.15) is 0 Å². The van der Waals surface area contributed by atoms with Crippen molar-refractivity contribution in [3.63, 3.8) is 0 Å². The van der Waals surface area contributed by atoms with Crippen molar-refractivity contribution in [1.29, 1.82) is 0 Å². The van der Waals surface area contributed by atoms with E-state index in [2.05, 4.69) is 72.0 Å². The fourth-order valence-corrected chi connectivity index (χ4v) is 12.0. The molecule has 6 rings (SSSR count). The molecular weight excluding hydrogens is 518 g/mol. The highest BCUT2D eigenvalue weighted by molar-refractivity contribution is 5.84. The molecule has 0 aliphatic heterocycles. The molecule has 1 amide bonds. The Bertz CT molecular complexity index is 1240. The summed E-state index contributed by atoms with van der Waals surface area (Å²) in [6.07, 6.45) is 12.3. The molecule has 0 aromatic heterocycles. The van der Waals surface area contributed by atoms with Gasteiger partial charge in [0.15, 0.2) is 0 Å². The van der Waals surface area contributed by atoms with Crippen LogP contribution in [0, 0.1) is 56.7 Å². The van der Waals surface area contributed by atoms with E-state index in [0.717, 1.165) is 56.3 Å². The van der Waals surface area contributed by atoms with Crippen molar-refractivity contribution in [3.8, 4) is 5.75 Å². The van der Waals surface area contributed by atoms with Gasteiger partial charge in [0.05, 0.1) is 18.6 Å². The molecule has 232 valence electrons. The Morgan fingerprint density at radius 3 is 2.33 bits per heavy atom. The van der Waals surface area contributed by atoms with Crippen LogP contribution in [-0.2, 0) is 11.3 Å². The molecule has 10 atom stereocenters. The van der Waals surface area contributed by atoms with Crippen LogP contribution < -0.4 is 10.1 Å². The van der Waals surface area contributed by atoms with Crippen molar-refractivity contribution in [2.75, 3.05) is 7.11 Å². The van der Waals surface area contributed by atoms with Gasteiger partial charge in [0.1, 0.15) is 5.75 Å². The van der Waals surface area contributed by atoms with Crippen LogP contribution in [0.4, 0.5) is 0 Å².